The Hall–Kier alpha value is -4.10. The Labute approximate surface area is 345 Å². The number of methoxy groups -OCH3 is 2. The maximum absolute atomic E-state index is 14.6. The van der Waals surface area contributed by atoms with E-state index in [2.05, 4.69) is 24.5 Å². The molecule has 1 unspecified atom stereocenters. The molecule has 0 bridgehead atoms. The van der Waals surface area contributed by atoms with E-state index in [0.717, 1.165) is 43.2 Å². The summed E-state index contributed by atoms with van der Waals surface area (Å²) in [5, 5.41) is 7.59. The van der Waals surface area contributed by atoms with Crippen LogP contribution in [0.5, 0.6) is 23.0 Å². The zero-order valence-electron chi connectivity index (χ0n) is 34.6. The minimum atomic E-state index is -3.86. The van der Waals surface area contributed by atoms with Crippen LogP contribution in [-0.2, 0) is 19.7 Å². The average molecular weight is 833 g/mol. The molecule has 0 aliphatic carbocycles. The lowest BCUT2D eigenvalue weighted by molar-refractivity contribution is 0.247. The molecule has 314 valence electrons. The lowest BCUT2D eigenvalue weighted by atomic mass is 9.86. The SMILES string of the molecule is CCCCC1CS(=O)(=O)c2cc(OCC)c(OCCCC[C@@]3(CCCC)CS(=O)(=O)c4c(ccc(OC)c4OC)[C@@H](c4ccccc4)N3)cc2[C@@H](c2ccccc2)N1. The summed E-state index contributed by atoms with van der Waals surface area (Å²) in [6, 6.07) is 26.0. The molecular formula is C46H60N2O8S2. The lowest BCUT2D eigenvalue weighted by Crippen LogP contribution is -2.50. The molecule has 10 nitrogen and oxygen atoms in total. The maximum Gasteiger partial charge on any atom is 0.184 e. The van der Waals surface area contributed by atoms with Gasteiger partial charge in [0.25, 0.3) is 0 Å². The number of hydrogen-bond donors (Lipinski definition) is 2. The normalized spacial score (nSPS) is 22.1. The predicted molar refractivity (Wildman–Crippen MR) is 229 cm³/mol. The Balaban J connectivity index is 1.29. The molecule has 0 amide bonds. The largest absolute Gasteiger partial charge is 0.493 e. The van der Waals surface area contributed by atoms with Gasteiger partial charge in [-0.15, -0.1) is 0 Å². The van der Waals surface area contributed by atoms with Gasteiger partial charge in [-0.1, -0.05) is 106 Å². The van der Waals surface area contributed by atoms with E-state index < -0.39 is 31.3 Å². The number of benzene rings is 4. The number of rotatable bonds is 18. The van der Waals surface area contributed by atoms with Gasteiger partial charge in [0.2, 0.25) is 0 Å². The van der Waals surface area contributed by atoms with Gasteiger partial charge in [-0.3, -0.25) is 5.32 Å². The molecule has 0 spiro atoms. The number of hydrogen-bond acceptors (Lipinski definition) is 10. The van der Waals surface area contributed by atoms with Crippen LogP contribution in [0, 0.1) is 0 Å². The summed E-state index contributed by atoms with van der Waals surface area (Å²) >= 11 is 0. The van der Waals surface area contributed by atoms with Crippen LogP contribution in [0.15, 0.2) is 94.7 Å². The molecule has 4 aromatic rings. The highest BCUT2D eigenvalue weighted by molar-refractivity contribution is 7.92. The highest BCUT2D eigenvalue weighted by Gasteiger charge is 2.44. The highest BCUT2D eigenvalue weighted by atomic mass is 32.2. The van der Waals surface area contributed by atoms with Gasteiger partial charge in [-0.25, -0.2) is 16.8 Å². The van der Waals surface area contributed by atoms with Crippen LogP contribution in [0.25, 0.3) is 0 Å². The van der Waals surface area contributed by atoms with Crippen LogP contribution in [0.3, 0.4) is 0 Å². The van der Waals surface area contributed by atoms with Crippen LogP contribution >= 0.6 is 0 Å². The van der Waals surface area contributed by atoms with Gasteiger partial charge in [-0.2, -0.15) is 0 Å². The highest BCUT2D eigenvalue weighted by Crippen LogP contribution is 2.46. The summed E-state index contributed by atoms with van der Waals surface area (Å²) in [7, 11) is -4.51. The zero-order chi connectivity index (χ0) is 41.3. The molecule has 4 aromatic carbocycles. The quantitative estimate of drug-likeness (QED) is 0.0940. The minimum Gasteiger partial charge on any atom is -0.493 e. The van der Waals surface area contributed by atoms with E-state index >= 15 is 0 Å². The van der Waals surface area contributed by atoms with Crippen LogP contribution < -0.4 is 29.6 Å². The van der Waals surface area contributed by atoms with Gasteiger partial charge >= 0.3 is 0 Å². The van der Waals surface area contributed by atoms with E-state index in [1.54, 1.807) is 12.1 Å². The molecule has 2 heterocycles. The Morgan fingerprint density at radius 1 is 0.672 bits per heavy atom. The molecular weight excluding hydrogens is 773 g/mol. The fourth-order valence-electron chi connectivity index (χ4n) is 8.61. The molecule has 0 radical (unpaired) electrons. The molecule has 0 saturated heterocycles. The van der Waals surface area contributed by atoms with Crippen molar-refractivity contribution in [3.63, 3.8) is 0 Å². The predicted octanol–water partition coefficient (Wildman–Crippen LogP) is 8.77. The number of nitrogens with one attached hydrogen (secondary N) is 2. The molecule has 2 N–H and O–H groups in total. The van der Waals surface area contributed by atoms with Gasteiger partial charge in [0.15, 0.2) is 42.7 Å². The van der Waals surface area contributed by atoms with Crippen molar-refractivity contribution in [2.24, 2.45) is 0 Å². The Kier molecular flexibility index (Phi) is 14.5. The van der Waals surface area contributed by atoms with E-state index in [4.69, 9.17) is 18.9 Å². The number of sulfone groups is 2. The summed E-state index contributed by atoms with van der Waals surface area (Å²) < 4.78 is 81.0. The van der Waals surface area contributed by atoms with Crippen LogP contribution in [0.4, 0.5) is 0 Å². The topological polar surface area (TPSA) is 129 Å². The van der Waals surface area contributed by atoms with Crippen molar-refractivity contribution >= 4 is 19.7 Å². The summed E-state index contributed by atoms with van der Waals surface area (Å²) in [6.45, 7) is 6.78. The number of unbranched alkanes of at least 4 members (excludes halogenated alkanes) is 3. The summed E-state index contributed by atoms with van der Waals surface area (Å²) in [6.07, 6.45) is 7.00. The van der Waals surface area contributed by atoms with E-state index in [0.29, 0.717) is 67.3 Å². The molecule has 2 aliphatic rings. The maximum atomic E-state index is 14.6. The second-order valence-electron chi connectivity index (χ2n) is 15.6. The second-order valence-corrected chi connectivity index (χ2v) is 19.5. The van der Waals surface area contributed by atoms with Crippen molar-refractivity contribution < 1.29 is 35.8 Å². The van der Waals surface area contributed by atoms with Crippen molar-refractivity contribution in [3.8, 4) is 23.0 Å². The van der Waals surface area contributed by atoms with Crippen molar-refractivity contribution in [1.29, 1.82) is 0 Å². The van der Waals surface area contributed by atoms with Crippen LogP contribution in [0.1, 0.15) is 113 Å². The van der Waals surface area contributed by atoms with E-state index in [-0.39, 0.29) is 39.1 Å². The van der Waals surface area contributed by atoms with Crippen LogP contribution in [-0.4, -0.2) is 67.4 Å². The smallest absolute Gasteiger partial charge is 0.184 e. The standard InChI is InChI=1S/C46H60N2O8S2/c1-6-9-23-35-31-57(49,50)41-30-40(55-8-3)39(29-37(41)42(47-35)33-19-13-11-14-20-33)56-28-18-17-27-46(26-10-7-2)32-58(51,52)45-36(24-25-38(53-4)44(45)54-5)43(48-46)34-21-15-12-16-22-34/h11-16,19-22,24-25,29-30,35,42-43,47-48H,6-10,17-18,23,26-28,31-32H2,1-5H3/t35?,42-,43-,46+/m1/s1. The molecule has 0 aromatic heterocycles. The summed E-state index contributed by atoms with van der Waals surface area (Å²) in [4.78, 5) is 0.441. The summed E-state index contributed by atoms with van der Waals surface area (Å²) in [5.41, 5.74) is 2.48. The first kappa shape index (κ1) is 43.5. The van der Waals surface area contributed by atoms with Crippen molar-refractivity contribution in [3.05, 3.63) is 107 Å². The molecule has 2 aliphatic heterocycles. The van der Waals surface area contributed by atoms with Crippen molar-refractivity contribution in [2.45, 2.75) is 112 Å². The van der Waals surface area contributed by atoms with E-state index in [1.807, 2.05) is 79.7 Å². The first-order chi connectivity index (χ1) is 28.0. The molecule has 4 atom stereocenters. The average Bonchev–Trinajstić information content (AvgIpc) is 3.40. The minimum absolute atomic E-state index is 0.00910. The first-order valence-electron chi connectivity index (χ1n) is 20.8. The molecule has 0 saturated carbocycles. The number of fused-ring (bicyclic) bond motifs is 2. The Morgan fingerprint density at radius 2 is 1.33 bits per heavy atom. The third-order valence-corrected chi connectivity index (χ3v) is 15.2. The molecule has 0 fully saturated rings. The Morgan fingerprint density at radius 3 is 1.97 bits per heavy atom. The third kappa shape index (κ3) is 9.67. The van der Waals surface area contributed by atoms with Gasteiger partial charge < -0.3 is 24.3 Å². The lowest BCUT2D eigenvalue weighted by Gasteiger charge is -2.37. The zero-order valence-corrected chi connectivity index (χ0v) is 36.2. The van der Waals surface area contributed by atoms with Gasteiger partial charge in [0.05, 0.1) is 55.9 Å². The van der Waals surface area contributed by atoms with Crippen LogP contribution in [0.2, 0.25) is 0 Å². The van der Waals surface area contributed by atoms with Crippen molar-refractivity contribution in [2.75, 3.05) is 38.9 Å². The molecule has 58 heavy (non-hydrogen) atoms. The number of ether oxygens (including phenoxy) is 4. The second kappa shape index (κ2) is 19.3. The van der Waals surface area contributed by atoms with E-state index in [9.17, 15) is 16.8 Å². The first-order valence-corrected chi connectivity index (χ1v) is 24.1. The summed E-state index contributed by atoms with van der Waals surface area (Å²) in [5.74, 6) is 1.40. The monoisotopic (exact) mass is 832 g/mol. The molecule has 6 rings (SSSR count). The fourth-order valence-corrected chi connectivity index (χ4v) is 12.7. The van der Waals surface area contributed by atoms with E-state index in [1.165, 1.54) is 14.2 Å². The van der Waals surface area contributed by atoms with Crippen molar-refractivity contribution in [1.82, 2.24) is 10.6 Å². The molecule has 12 heteroatoms. The van der Waals surface area contributed by atoms with Gasteiger partial charge in [0.1, 0.15) is 4.90 Å². The van der Waals surface area contributed by atoms with Gasteiger partial charge in [0, 0.05) is 17.6 Å². The third-order valence-electron chi connectivity index (χ3n) is 11.4. The van der Waals surface area contributed by atoms with Gasteiger partial charge in [-0.05, 0) is 73.4 Å². The Bertz CT molecular complexity index is 2200. The fraction of sp³-hybridized carbons (Fsp3) is 0.478.